The molecule has 0 aliphatic rings. The lowest BCUT2D eigenvalue weighted by atomic mass is 10.2. The molecule has 2 rings (SSSR count). The zero-order valence-electron chi connectivity index (χ0n) is 9.32. The summed E-state index contributed by atoms with van der Waals surface area (Å²) in [5.41, 5.74) is 0. The first-order chi connectivity index (χ1) is 7.69. The van der Waals surface area contributed by atoms with Crippen molar-refractivity contribution >= 4 is 28.5 Å². The van der Waals surface area contributed by atoms with E-state index >= 15 is 0 Å². The molecule has 0 radical (unpaired) electrons. The third-order valence-corrected chi connectivity index (χ3v) is 4.48. The second kappa shape index (κ2) is 4.89. The molecule has 84 valence electrons. The van der Waals surface area contributed by atoms with Gasteiger partial charge in [-0.3, -0.25) is 4.79 Å². The van der Waals surface area contributed by atoms with Crippen molar-refractivity contribution in [3.8, 4) is 0 Å². The molecule has 2 nitrogen and oxygen atoms in total. The molecule has 0 N–H and O–H groups in total. The van der Waals surface area contributed by atoms with Gasteiger partial charge in [0.25, 0.3) is 0 Å². The lowest BCUT2D eigenvalue weighted by Gasteiger charge is -1.93. The highest BCUT2D eigenvalue weighted by Crippen LogP contribution is 2.20. The largest absolute Gasteiger partial charge is 0.293 e. The summed E-state index contributed by atoms with van der Waals surface area (Å²) < 4.78 is 0. The van der Waals surface area contributed by atoms with E-state index in [9.17, 15) is 4.79 Å². The number of aromatic nitrogens is 1. The van der Waals surface area contributed by atoms with Gasteiger partial charge in [-0.2, -0.15) is 0 Å². The summed E-state index contributed by atoms with van der Waals surface area (Å²) in [5.74, 6) is 0.176. The lowest BCUT2D eigenvalue weighted by molar-refractivity contribution is 0.0997. The van der Waals surface area contributed by atoms with Crippen LogP contribution >= 0.6 is 22.7 Å². The van der Waals surface area contributed by atoms with Crippen molar-refractivity contribution in [3.05, 3.63) is 38.0 Å². The summed E-state index contributed by atoms with van der Waals surface area (Å²) in [4.78, 5) is 19.3. The number of ketones is 1. The highest BCUT2D eigenvalue weighted by atomic mass is 32.1. The Kier molecular flexibility index (Phi) is 3.51. The van der Waals surface area contributed by atoms with Crippen molar-refractivity contribution in [3.63, 3.8) is 0 Å². The van der Waals surface area contributed by atoms with Gasteiger partial charge in [-0.15, -0.1) is 22.7 Å². The summed E-state index contributed by atoms with van der Waals surface area (Å²) in [6.07, 6.45) is 3.22. The normalized spacial score (nSPS) is 10.6. The van der Waals surface area contributed by atoms with Crippen LogP contribution in [-0.4, -0.2) is 10.8 Å². The maximum atomic E-state index is 11.9. The van der Waals surface area contributed by atoms with Gasteiger partial charge in [0.2, 0.25) is 0 Å². The van der Waals surface area contributed by atoms with Crippen LogP contribution < -0.4 is 0 Å². The summed E-state index contributed by atoms with van der Waals surface area (Å²) in [6.45, 7) is 4.05. The first kappa shape index (κ1) is 11.5. The number of nitrogens with zero attached hydrogens (tertiary/aromatic N) is 1. The minimum absolute atomic E-state index is 0.176. The molecule has 0 atom stereocenters. The van der Waals surface area contributed by atoms with Crippen LogP contribution in [0.15, 0.2) is 18.3 Å². The van der Waals surface area contributed by atoms with Crippen LogP contribution in [0.3, 0.4) is 0 Å². The molecule has 16 heavy (non-hydrogen) atoms. The molecule has 2 heterocycles. The average molecular weight is 251 g/mol. The van der Waals surface area contributed by atoms with E-state index in [0.717, 1.165) is 21.2 Å². The van der Waals surface area contributed by atoms with E-state index in [1.807, 2.05) is 6.92 Å². The standard InChI is InChI=1S/C12H13NOS2/c1-3-9-4-5-10(16-9)6-11(14)12-7-13-8(2)15-12/h4-5,7H,3,6H2,1-2H3. The van der Waals surface area contributed by atoms with Crippen molar-refractivity contribution < 1.29 is 4.79 Å². The molecule has 0 fully saturated rings. The number of thiophene rings is 1. The molecule has 0 unspecified atom stereocenters. The van der Waals surface area contributed by atoms with Gasteiger partial charge in [0.1, 0.15) is 0 Å². The lowest BCUT2D eigenvalue weighted by Crippen LogP contribution is -1.98. The minimum atomic E-state index is 0.176. The third-order valence-electron chi connectivity index (χ3n) is 2.30. The molecule has 0 spiro atoms. The number of carbonyl (C=O) groups is 1. The van der Waals surface area contributed by atoms with Gasteiger partial charge in [-0.25, -0.2) is 4.98 Å². The van der Waals surface area contributed by atoms with Gasteiger partial charge in [0, 0.05) is 22.4 Å². The Balaban J connectivity index is 2.07. The molecule has 4 heteroatoms. The fourth-order valence-corrected chi connectivity index (χ4v) is 3.11. The molecule has 0 aromatic carbocycles. The Bertz CT molecular complexity index is 499. The number of Topliss-reactive ketones (excluding diaryl/α,β-unsaturated/α-hetero) is 1. The van der Waals surface area contributed by atoms with Crippen molar-refractivity contribution in [2.24, 2.45) is 0 Å². The molecule has 2 aromatic rings. The van der Waals surface area contributed by atoms with E-state index in [4.69, 9.17) is 0 Å². The molecule has 0 bridgehead atoms. The van der Waals surface area contributed by atoms with Crippen molar-refractivity contribution in [2.45, 2.75) is 26.7 Å². The van der Waals surface area contributed by atoms with E-state index < -0.39 is 0 Å². The van der Waals surface area contributed by atoms with Crippen molar-refractivity contribution in [1.82, 2.24) is 4.98 Å². The maximum absolute atomic E-state index is 11.9. The molecule has 0 aliphatic carbocycles. The summed E-state index contributed by atoms with van der Waals surface area (Å²) in [7, 11) is 0. The van der Waals surface area contributed by atoms with E-state index in [2.05, 4.69) is 24.0 Å². The van der Waals surface area contributed by atoms with Crippen LogP contribution in [-0.2, 0) is 12.8 Å². The molecule has 0 aliphatic heterocycles. The second-order valence-electron chi connectivity index (χ2n) is 3.57. The van der Waals surface area contributed by atoms with E-state index in [-0.39, 0.29) is 5.78 Å². The average Bonchev–Trinajstić information content (AvgIpc) is 2.87. The summed E-state index contributed by atoms with van der Waals surface area (Å²) in [6, 6.07) is 4.15. The fourth-order valence-electron chi connectivity index (χ4n) is 1.44. The topological polar surface area (TPSA) is 30.0 Å². The predicted molar refractivity (Wildman–Crippen MR) is 68.6 cm³/mol. The van der Waals surface area contributed by atoms with Crippen LogP contribution in [0.1, 0.15) is 31.4 Å². The molecule has 2 aromatic heterocycles. The van der Waals surface area contributed by atoms with Crippen LogP contribution in [0, 0.1) is 6.92 Å². The van der Waals surface area contributed by atoms with Crippen LogP contribution in [0.2, 0.25) is 0 Å². The van der Waals surface area contributed by atoms with Gasteiger partial charge >= 0.3 is 0 Å². The SMILES string of the molecule is CCc1ccc(CC(=O)c2cnc(C)s2)s1. The summed E-state index contributed by atoms with van der Waals surface area (Å²) in [5, 5.41) is 0.948. The zero-order valence-corrected chi connectivity index (χ0v) is 11.0. The maximum Gasteiger partial charge on any atom is 0.179 e. The number of rotatable bonds is 4. The smallest absolute Gasteiger partial charge is 0.179 e. The highest BCUT2D eigenvalue weighted by Gasteiger charge is 2.11. The third kappa shape index (κ3) is 2.57. The van der Waals surface area contributed by atoms with Crippen molar-refractivity contribution in [2.75, 3.05) is 0 Å². The first-order valence-corrected chi connectivity index (χ1v) is 6.85. The number of hydrogen-bond donors (Lipinski definition) is 0. The van der Waals surface area contributed by atoms with E-state index in [0.29, 0.717) is 6.42 Å². The fraction of sp³-hybridized carbons (Fsp3) is 0.333. The molecule has 0 saturated heterocycles. The van der Waals surface area contributed by atoms with Crippen LogP contribution in [0.4, 0.5) is 0 Å². The highest BCUT2D eigenvalue weighted by molar-refractivity contribution is 7.14. The van der Waals surface area contributed by atoms with Crippen LogP contribution in [0.5, 0.6) is 0 Å². The Morgan fingerprint density at radius 1 is 1.31 bits per heavy atom. The Morgan fingerprint density at radius 3 is 2.62 bits per heavy atom. The number of carbonyl (C=O) groups excluding carboxylic acids is 1. The van der Waals surface area contributed by atoms with Gasteiger partial charge in [0.15, 0.2) is 5.78 Å². The Labute approximate surface area is 103 Å². The second-order valence-corrected chi connectivity index (χ2v) is 6.05. The first-order valence-electron chi connectivity index (χ1n) is 5.22. The van der Waals surface area contributed by atoms with E-state index in [1.165, 1.54) is 16.2 Å². The van der Waals surface area contributed by atoms with Gasteiger partial charge in [-0.1, -0.05) is 6.92 Å². The van der Waals surface area contributed by atoms with E-state index in [1.54, 1.807) is 17.5 Å². The van der Waals surface area contributed by atoms with Crippen LogP contribution in [0.25, 0.3) is 0 Å². The number of thiazole rings is 1. The quantitative estimate of drug-likeness (QED) is 0.778. The molecular weight excluding hydrogens is 238 g/mol. The van der Waals surface area contributed by atoms with Gasteiger partial charge in [0.05, 0.1) is 9.88 Å². The monoisotopic (exact) mass is 251 g/mol. The predicted octanol–water partition coefficient (Wildman–Crippen LogP) is 3.50. The minimum Gasteiger partial charge on any atom is -0.293 e. The van der Waals surface area contributed by atoms with Gasteiger partial charge in [-0.05, 0) is 25.5 Å². The molecular formula is C12H13NOS2. The Morgan fingerprint density at radius 2 is 2.06 bits per heavy atom. The summed E-state index contributed by atoms with van der Waals surface area (Å²) >= 11 is 3.20. The Hall–Kier alpha value is -1.00. The number of aryl methyl sites for hydroxylation is 2. The molecule has 0 saturated carbocycles. The van der Waals surface area contributed by atoms with Crippen molar-refractivity contribution in [1.29, 1.82) is 0 Å². The number of hydrogen-bond acceptors (Lipinski definition) is 4. The van der Waals surface area contributed by atoms with Gasteiger partial charge < -0.3 is 0 Å². The zero-order chi connectivity index (χ0) is 11.5. The molecule has 0 amide bonds.